The minimum absolute atomic E-state index is 0.153. The first-order valence-corrected chi connectivity index (χ1v) is 10.1. The number of hydrogen-bond donors (Lipinski definition) is 1. The zero-order chi connectivity index (χ0) is 19.8. The van der Waals surface area contributed by atoms with Crippen molar-refractivity contribution in [3.05, 3.63) is 65.5 Å². The zero-order valence-electron chi connectivity index (χ0n) is 16.5. The number of piperidine rings is 1. The Hall–Kier alpha value is -2.40. The van der Waals surface area contributed by atoms with Gasteiger partial charge in [-0.15, -0.1) is 0 Å². The number of carbonyl (C=O) groups is 1. The lowest BCUT2D eigenvalue weighted by molar-refractivity contribution is -0.128. The summed E-state index contributed by atoms with van der Waals surface area (Å²) in [6.45, 7) is 5.59. The van der Waals surface area contributed by atoms with E-state index >= 15 is 0 Å². The Kier molecular flexibility index (Phi) is 7.43. The normalized spacial score (nSPS) is 15.8. The van der Waals surface area contributed by atoms with Crippen molar-refractivity contribution in [2.24, 2.45) is 0 Å². The number of rotatable bonds is 8. The summed E-state index contributed by atoms with van der Waals surface area (Å²) in [5.74, 6) is 0.0173. The topological polar surface area (TPSA) is 41.6 Å². The molecule has 0 aromatic heterocycles. The van der Waals surface area contributed by atoms with Gasteiger partial charge in [0.25, 0.3) is 5.91 Å². The Morgan fingerprint density at radius 1 is 1.07 bits per heavy atom. The third-order valence-corrected chi connectivity index (χ3v) is 5.17. The summed E-state index contributed by atoms with van der Waals surface area (Å²) in [5.41, 5.74) is 2.40. The summed E-state index contributed by atoms with van der Waals surface area (Å²) < 4.78 is 18.8. The molecule has 1 aliphatic heterocycles. The van der Waals surface area contributed by atoms with Crippen LogP contribution >= 0.6 is 0 Å². The minimum Gasteiger partial charge on any atom is -0.481 e. The molecule has 1 fully saturated rings. The molecule has 1 aliphatic rings. The second kappa shape index (κ2) is 10.2. The molecular formula is C23H29FN2O2. The SMILES string of the molecule is CC[C@H](Oc1ccc(F)cc1)C(=O)NCc1ccccc1CN1CCCCC1. The lowest BCUT2D eigenvalue weighted by Crippen LogP contribution is -2.38. The van der Waals surface area contributed by atoms with Gasteiger partial charge in [0.05, 0.1) is 0 Å². The largest absolute Gasteiger partial charge is 0.481 e. The van der Waals surface area contributed by atoms with E-state index in [4.69, 9.17) is 4.74 Å². The van der Waals surface area contributed by atoms with Crippen molar-refractivity contribution < 1.29 is 13.9 Å². The molecule has 1 heterocycles. The summed E-state index contributed by atoms with van der Waals surface area (Å²) in [5, 5.41) is 3.00. The van der Waals surface area contributed by atoms with Gasteiger partial charge in [0.2, 0.25) is 0 Å². The van der Waals surface area contributed by atoms with E-state index < -0.39 is 6.10 Å². The Morgan fingerprint density at radius 2 is 1.75 bits per heavy atom. The van der Waals surface area contributed by atoms with Gasteiger partial charge < -0.3 is 10.1 Å². The number of nitrogens with one attached hydrogen (secondary N) is 1. The van der Waals surface area contributed by atoms with E-state index in [0.717, 1.165) is 25.2 Å². The van der Waals surface area contributed by atoms with E-state index in [9.17, 15) is 9.18 Å². The second-order valence-corrected chi connectivity index (χ2v) is 7.29. The standard InChI is InChI=1S/C23H29FN2O2/c1-2-22(28-21-12-10-20(24)11-13-21)23(27)25-16-18-8-4-5-9-19(18)17-26-14-6-3-7-15-26/h4-5,8-13,22H,2-3,6-7,14-17H2,1H3,(H,25,27)/t22-/m0/s1. The van der Waals surface area contributed by atoms with E-state index in [-0.39, 0.29) is 11.7 Å². The first kappa shape index (κ1) is 20.3. The van der Waals surface area contributed by atoms with Gasteiger partial charge >= 0.3 is 0 Å². The van der Waals surface area contributed by atoms with E-state index in [2.05, 4.69) is 28.4 Å². The maximum absolute atomic E-state index is 13.0. The number of benzene rings is 2. The molecule has 0 aliphatic carbocycles. The van der Waals surface area contributed by atoms with E-state index in [1.807, 2.05) is 13.0 Å². The number of likely N-dealkylation sites (tertiary alicyclic amines) is 1. The number of halogens is 1. The third-order valence-electron chi connectivity index (χ3n) is 5.17. The molecule has 4 nitrogen and oxygen atoms in total. The van der Waals surface area contributed by atoms with E-state index in [1.54, 1.807) is 12.1 Å². The maximum atomic E-state index is 13.0. The fourth-order valence-electron chi connectivity index (χ4n) is 3.54. The highest BCUT2D eigenvalue weighted by molar-refractivity contribution is 5.81. The summed E-state index contributed by atoms with van der Waals surface area (Å²) in [4.78, 5) is 15.1. The molecule has 0 radical (unpaired) electrons. The molecule has 1 atom stereocenters. The second-order valence-electron chi connectivity index (χ2n) is 7.29. The molecule has 1 saturated heterocycles. The summed E-state index contributed by atoms with van der Waals surface area (Å²) in [6.07, 6.45) is 3.79. The van der Waals surface area contributed by atoms with Crippen molar-refractivity contribution in [1.82, 2.24) is 10.2 Å². The van der Waals surface area contributed by atoms with Crippen molar-refractivity contribution >= 4 is 5.91 Å². The van der Waals surface area contributed by atoms with Gasteiger partial charge in [-0.2, -0.15) is 0 Å². The quantitative estimate of drug-likeness (QED) is 0.738. The van der Waals surface area contributed by atoms with Crippen molar-refractivity contribution in [2.75, 3.05) is 13.1 Å². The number of ether oxygens (including phenoxy) is 1. The van der Waals surface area contributed by atoms with E-state index in [1.165, 1.54) is 37.0 Å². The molecule has 0 unspecified atom stereocenters. The van der Waals surface area contributed by atoms with Crippen LogP contribution in [0.2, 0.25) is 0 Å². The summed E-state index contributed by atoms with van der Waals surface area (Å²) in [7, 11) is 0. The fourth-order valence-corrected chi connectivity index (χ4v) is 3.54. The number of hydrogen-bond acceptors (Lipinski definition) is 3. The first-order valence-electron chi connectivity index (χ1n) is 10.1. The maximum Gasteiger partial charge on any atom is 0.261 e. The minimum atomic E-state index is -0.597. The number of carbonyl (C=O) groups excluding carboxylic acids is 1. The molecule has 0 spiro atoms. The van der Waals surface area contributed by atoms with Crippen LogP contribution in [0, 0.1) is 5.82 Å². The molecule has 0 bridgehead atoms. The zero-order valence-corrected chi connectivity index (χ0v) is 16.5. The molecule has 150 valence electrons. The highest BCUT2D eigenvalue weighted by atomic mass is 19.1. The van der Waals surface area contributed by atoms with Crippen LogP contribution in [0.1, 0.15) is 43.7 Å². The lowest BCUT2D eigenvalue weighted by atomic mass is 10.0. The Balaban J connectivity index is 1.57. The first-order chi connectivity index (χ1) is 13.7. The van der Waals surface area contributed by atoms with Crippen LogP contribution in [-0.2, 0) is 17.9 Å². The fraction of sp³-hybridized carbons (Fsp3) is 0.435. The van der Waals surface area contributed by atoms with Gasteiger partial charge in [0.15, 0.2) is 6.10 Å². The number of amides is 1. The molecule has 5 heteroatoms. The van der Waals surface area contributed by atoms with Gasteiger partial charge in [-0.25, -0.2) is 4.39 Å². The predicted molar refractivity (Wildman–Crippen MR) is 109 cm³/mol. The van der Waals surface area contributed by atoms with Crippen LogP contribution in [0.3, 0.4) is 0 Å². The van der Waals surface area contributed by atoms with Crippen LogP contribution in [-0.4, -0.2) is 30.0 Å². The van der Waals surface area contributed by atoms with Gasteiger partial charge in [-0.1, -0.05) is 37.6 Å². The predicted octanol–water partition coefficient (Wildman–Crippen LogP) is 4.29. The Morgan fingerprint density at radius 3 is 2.43 bits per heavy atom. The van der Waals surface area contributed by atoms with Gasteiger partial charge in [-0.3, -0.25) is 9.69 Å². The van der Waals surface area contributed by atoms with Gasteiger partial charge in [-0.05, 0) is 67.7 Å². The Labute approximate surface area is 166 Å². The highest BCUT2D eigenvalue weighted by Crippen LogP contribution is 2.17. The van der Waals surface area contributed by atoms with Crippen molar-refractivity contribution in [3.63, 3.8) is 0 Å². The molecule has 1 amide bonds. The average Bonchev–Trinajstić information content (AvgIpc) is 2.73. The number of nitrogens with zero attached hydrogens (tertiary/aromatic N) is 1. The summed E-state index contributed by atoms with van der Waals surface area (Å²) in [6, 6.07) is 14.0. The van der Waals surface area contributed by atoms with Crippen LogP contribution in [0.25, 0.3) is 0 Å². The van der Waals surface area contributed by atoms with Gasteiger partial charge in [0.1, 0.15) is 11.6 Å². The highest BCUT2D eigenvalue weighted by Gasteiger charge is 2.19. The van der Waals surface area contributed by atoms with Crippen molar-refractivity contribution in [2.45, 2.75) is 51.8 Å². The van der Waals surface area contributed by atoms with E-state index in [0.29, 0.717) is 18.7 Å². The van der Waals surface area contributed by atoms with Crippen LogP contribution in [0.15, 0.2) is 48.5 Å². The Bertz CT molecular complexity index is 757. The summed E-state index contributed by atoms with van der Waals surface area (Å²) >= 11 is 0. The van der Waals surface area contributed by atoms with Crippen molar-refractivity contribution in [1.29, 1.82) is 0 Å². The molecule has 3 rings (SSSR count). The third kappa shape index (κ3) is 5.80. The van der Waals surface area contributed by atoms with Crippen LogP contribution < -0.4 is 10.1 Å². The van der Waals surface area contributed by atoms with Gasteiger partial charge in [0, 0.05) is 13.1 Å². The monoisotopic (exact) mass is 384 g/mol. The average molecular weight is 384 g/mol. The lowest BCUT2D eigenvalue weighted by Gasteiger charge is -2.27. The van der Waals surface area contributed by atoms with Crippen molar-refractivity contribution in [3.8, 4) is 5.75 Å². The molecular weight excluding hydrogens is 355 g/mol. The molecule has 0 saturated carbocycles. The molecule has 1 N–H and O–H groups in total. The molecule has 2 aromatic carbocycles. The van der Waals surface area contributed by atoms with Crippen LogP contribution in [0.4, 0.5) is 4.39 Å². The molecule has 2 aromatic rings. The molecule has 28 heavy (non-hydrogen) atoms. The smallest absolute Gasteiger partial charge is 0.261 e. The van der Waals surface area contributed by atoms with Crippen LogP contribution in [0.5, 0.6) is 5.75 Å².